The lowest BCUT2D eigenvalue weighted by atomic mass is 9.71. The maximum absolute atomic E-state index is 14.9. The Labute approximate surface area is 422 Å². The molecule has 4 heterocycles. The van der Waals surface area contributed by atoms with Gasteiger partial charge in [0.1, 0.15) is 102 Å². The van der Waals surface area contributed by atoms with Crippen LogP contribution in [0.3, 0.4) is 0 Å². The Bertz CT molecular complexity index is 2450. The van der Waals surface area contributed by atoms with E-state index < -0.39 is 231 Å². The van der Waals surface area contributed by atoms with E-state index in [0.29, 0.717) is 0 Å². The SMILES string of the molecule is COc1cccc2c1C(=O)c1c(O)c3c(c(OC4OC(CO)C(O)C(O)C4O)c1C2=O)C(C(C)=O)[C@H](OC1OC(CO)C(O)C(O)C1O)C[C@@H]3OC1CC(NC(=O)C(F)F)C(OC2OC(CO)C(O)C(O)C2O)CO1. The van der Waals surface area contributed by atoms with Crippen molar-refractivity contribution in [1.82, 2.24) is 5.32 Å². The summed E-state index contributed by atoms with van der Waals surface area (Å²) in [6, 6.07) is 2.30. The van der Waals surface area contributed by atoms with E-state index in [1.165, 1.54) is 25.3 Å². The van der Waals surface area contributed by atoms with Crippen LogP contribution in [0.15, 0.2) is 18.2 Å². The summed E-state index contributed by atoms with van der Waals surface area (Å²) in [5.74, 6) is -8.81. The van der Waals surface area contributed by atoms with E-state index >= 15 is 0 Å². The summed E-state index contributed by atoms with van der Waals surface area (Å²) >= 11 is 0. The van der Waals surface area contributed by atoms with Crippen molar-refractivity contribution in [2.75, 3.05) is 33.5 Å². The molecule has 0 bridgehead atoms. The van der Waals surface area contributed by atoms with Gasteiger partial charge in [0, 0.05) is 29.5 Å². The van der Waals surface area contributed by atoms with E-state index in [-0.39, 0.29) is 16.9 Å². The number of fused-ring (bicyclic) bond motifs is 3. The van der Waals surface area contributed by atoms with Gasteiger partial charge in [-0.15, -0.1) is 0 Å². The number of benzene rings is 2. The Hall–Kier alpha value is -4.58. The summed E-state index contributed by atoms with van der Waals surface area (Å²) in [5, 5.41) is 141. The van der Waals surface area contributed by atoms with Gasteiger partial charge in [-0.25, -0.2) is 0 Å². The normalized spacial score (nSPS) is 38.8. The number of ketones is 3. The summed E-state index contributed by atoms with van der Waals surface area (Å²) < 4.78 is 80.4. The maximum atomic E-state index is 14.9. The molecule has 29 heteroatoms. The third-order valence-electron chi connectivity index (χ3n) is 14.1. The van der Waals surface area contributed by atoms with Crippen LogP contribution in [0, 0.1) is 0 Å². The quantitative estimate of drug-likeness (QED) is 0.0675. The average Bonchev–Trinajstić information content (AvgIpc) is 3.39. The number of carbonyl (C=O) groups is 4. The zero-order valence-electron chi connectivity index (χ0n) is 39.6. The highest BCUT2D eigenvalue weighted by Gasteiger charge is 2.54. The molecule has 2 aromatic carbocycles. The van der Waals surface area contributed by atoms with Gasteiger partial charge in [0.25, 0.3) is 5.91 Å². The number of phenolic OH excluding ortho intramolecular Hbond substituents is 1. The second kappa shape index (κ2) is 22.8. The van der Waals surface area contributed by atoms with Crippen molar-refractivity contribution in [1.29, 1.82) is 0 Å². The number of hydrogen-bond acceptors (Lipinski definition) is 26. The highest BCUT2D eigenvalue weighted by molar-refractivity contribution is 6.31. The number of halogens is 2. The van der Waals surface area contributed by atoms with Crippen LogP contribution >= 0.6 is 0 Å². The van der Waals surface area contributed by atoms with E-state index in [4.69, 9.17) is 42.6 Å². The van der Waals surface area contributed by atoms with Crippen LogP contribution in [0.1, 0.15) is 74.8 Å². The molecule has 2 aliphatic carbocycles. The predicted octanol–water partition coefficient (Wildman–Crippen LogP) is -5.64. The lowest BCUT2D eigenvalue weighted by Gasteiger charge is -2.46. The Balaban J connectivity index is 1.28. The minimum absolute atomic E-state index is 0.152. The van der Waals surface area contributed by atoms with Crippen molar-refractivity contribution >= 4 is 23.3 Å². The number of carbonyl (C=O) groups excluding carboxylic acids is 4. The summed E-state index contributed by atoms with van der Waals surface area (Å²) in [6.07, 6.45) is -40.8. The number of nitrogens with one attached hydrogen (secondary N) is 1. The van der Waals surface area contributed by atoms with E-state index in [0.717, 1.165) is 6.92 Å². The molecule has 0 spiro atoms. The van der Waals surface area contributed by atoms with Crippen molar-refractivity contribution in [3.05, 3.63) is 51.6 Å². The first-order valence-electron chi connectivity index (χ1n) is 23.5. The van der Waals surface area contributed by atoms with E-state index in [1.807, 2.05) is 0 Å². The van der Waals surface area contributed by atoms with Crippen LogP contribution in [-0.4, -0.2) is 246 Å². The summed E-state index contributed by atoms with van der Waals surface area (Å²) in [7, 11) is 1.18. The molecule has 8 rings (SSSR count). The number of rotatable bonds is 15. The second-order valence-corrected chi connectivity index (χ2v) is 18.7. The van der Waals surface area contributed by atoms with Crippen molar-refractivity contribution in [3.8, 4) is 17.2 Å². The predicted molar refractivity (Wildman–Crippen MR) is 234 cm³/mol. The molecule has 0 aromatic heterocycles. The lowest BCUT2D eigenvalue weighted by Crippen LogP contribution is -2.62. The van der Waals surface area contributed by atoms with Crippen molar-refractivity contribution in [3.63, 3.8) is 0 Å². The highest BCUT2D eigenvalue weighted by Crippen LogP contribution is 2.56. The van der Waals surface area contributed by atoms with Crippen molar-refractivity contribution in [2.24, 2.45) is 0 Å². The molecule has 0 saturated carbocycles. The Morgan fingerprint density at radius 1 is 0.680 bits per heavy atom. The van der Waals surface area contributed by atoms with Gasteiger partial charge in [-0.05, 0) is 13.0 Å². The Morgan fingerprint density at radius 2 is 1.21 bits per heavy atom. The molecule has 4 aliphatic heterocycles. The van der Waals surface area contributed by atoms with Gasteiger partial charge in [0.2, 0.25) is 12.1 Å². The fourth-order valence-corrected chi connectivity index (χ4v) is 10.2. The maximum Gasteiger partial charge on any atom is 0.315 e. The van der Waals surface area contributed by atoms with Gasteiger partial charge in [-0.2, -0.15) is 8.78 Å². The van der Waals surface area contributed by atoms with Crippen LogP contribution < -0.4 is 14.8 Å². The van der Waals surface area contributed by atoms with Crippen LogP contribution in [-0.2, 0) is 42.7 Å². The van der Waals surface area contributed by atoms with Gasteiger partial charge < -0.3 is 114 Å². The number of hydrogen-bond donors (Lipinski definition) is 14. The molecular weight excluding hydrogens is 1020 g/mol. The van der Waals surface area contributed by atoms with Crippen LogP contribution in [0.2, 0.25) is 0 Å². The number of aromatic hydroxyl groups is 1. The molecule has 4 fully saturated rings. The average molecular weight is 1080 g/mol. The smallest absolute Gasteiger partial charge is 0.315 e. The van der Waals surface area contributed by atoms with Crippen molar-refractivity contribution < 1.29 is 137 Å². The van der Waals surface area contributed by atoms with Crippen molar-refractivity contribution in [2.45, 2.75) is 155 Å². The minimum atomic E-state index is -3.62. The number of ether oxygens (including phenoxy) is 9. The number of alkyl halides is 2. The third-order valence-corrected chi connectivity index (χ3v) is 14.1. The van der Waals surface area contributed by atoms with Gasteiger partial charge in [-0.3, -0.25) is 19.2 Å². The summed E-state index contributed by atoms with van der Waals surface area (Å²) in [5.41, 5.74) is -3.45. The molecule has 0 radical (unpaired) electrons. The summed E-state index contributed by atoms with van der Waals surface area (Å²) in [6.45, 7) is -2.55. The first kappa shape index (κ1) is 56.6. The monoisotopic (exact) mass is 1080 g/mol. The first-order chi connectivity index (χ1) is 35.6. The molecule has 75 heavy (non-hydrogen) atoms. The fourth-order valence-electron chi connectivity index (χ4n) is 10.2. The number of phenols is 1. The minimum Gasteiger partial charge on any atom is -0.507 e. The van der Waals surface area contributed by atoms with Crippen LogP contribution in [0.25, 0.3) is 0 Å². The van der Waals surface area contributed by atoms with E-state index in [2.05, 4.69) is 5.32 Å². The summed E-state index contributed by atoms with van der Waals surface area (Å²) in [4.78, 5) is 56.7. The number of methoxy groups -OCH3 is 1. The van der Waals surface area contributed by atoms with Gasteiger partial charge in [-0.1, -0.05) is 12.1 Å². The van der Waals surface area contributed by atoms with Crippen LogP contribution in [0.4, 0.5) is 8.78 Å². The highest BCUT2D eigenvalue weighted by atomic mass is 19.3. The second-order valence-electron chi connectivity index (χ2n) is 18.7. The lowest BCUT2D eigenvalue weighted by molar-refractivity contribution is -0.328. The Kier molecular flexibility index (Phi) is 17.2. The molecule has 416 valence electrons. The fraction of sp³-hybridized carbons (Fsp3) is 0.652. The number of amides is 1. The van der Waals surface area contributed by atoms with E-state index in [1.54, 1.807) is 0 Å². The third kappa shape index (κ3) is 10.4. The molecule has 14 N–H and O–H groups in total. The molecule has 4 saturated heterocycles. The van der Waals surface area contributed by atoms with E-state index in [9.17, 15) is 94.3 Å². The molecular formula is C46H57F2NO26. The van der Waals surface area contributed by atoms with Crippen LogP contribution in [0.5, 0.6) is 17.2 Å². The molecule has 27 nitrogen and oxygen atoms in total. The largest absolute Gasteiger partial charge is 0.507 e. The molecule has 19 unspecified atom stereocenters. The zero-order valence-corrected chi connectivity index (χ0v) is 39.6. The molecule has 2 aromatic rings. The van der Waals surface area contributed by atoms with Gasteiger partial charge in [0.15, 0.2) is 24.7 Å². The number of aliphatic hydroxyl groups excluding tert-OH is 12. The standard InChI is InChI=1S/C46H57F2NO26/c1-12(53)23-16(70-44-38(63)35(60)30(55)18(8-50)71-44)7-17(69-22-6-14(49-43(66)42(47)48)21(11-68-22)74-45-39(64)36(61)31(56)19(9-51)72-45)25-26(23)41(75-46-40(65)37(62)32(57)20(10-52)73-46)28-27(34(25)59)33(58)24-13(29(28)54)4-3-5-15(24)67-2/h3-5,14,16-23,30-32,35-40,42,44-46,50-52,55-57,59-65H,6-11H2,1-2H3,(H,49,66)/t14?,16-,17+,18?,19?,20?,21?,22?,23?,30?,31?,32?,35?,36?,37?,38?,39?,40?,44?,45?,46?/m1/s1. The zero-order chi connectivity index (χ0) is 54.6. The van der Waals surface area contributed by atoms with Gasteiger partial charge in [0.05, 0.1) is 74.4 Å². The molecule has 6 aliphatic rings. The molecule has 1 amide bonds. The molecule has 21 atom stereocenters. The van der Waals surface area contributed by atoms with Gasteiger partial charge >= 0.3 is 6.43 Å². The first-order valence-corrected chi connectivity index (χ1v) is 23.5. The number of Topliss-reactive ketones (excluding diaryl/α,β-unsaturated/α-hetero) is 1. The Morgan fingerprint density at radius 3 is 1.73 bits per heavy atom. The number of aliphatic hydroxyl groups is 12. The topological polar surface area (TPSA) is 426 Å².